The number of benzene rings is 3. The number of aromatic nitrogens is 1. The molecule has 1 heterocycles. The van der Waals surface area contributed by atoms with E-state index >= 15 is 0 Å². The SMILES string of the molecule is ClCCCCC(=C(c1ccccc1)c1cnc2ccccc2c1)c1ccc(Cl)cc1. The molecule has 0 unspecified atom stereocenters. The third-order valence-electron chi connectivity index (χ3n) is 5.25. The zero-order valence-electron chi connectivity index (χ0n) is 16.7. The smallest absolute Gasteiger partial charge is 0.0702 e. The average Bonchev–Trinajstić information content (AvgIpc) is 2.80. The Morgan fingerprint density at radius 1 is 0.733 bits per heavy atom. The van der Waals surface area contributed by atoms with E-state index in [0.29, 0.717) is 5.88 Å². The van der Waals surface area contributed by atoms with Crippen LogP contribution >= 0.6 is 23.2 Å². The van der Waals surface area contributed by atoms with Gasteiger partial charge in [0.05, 0.1) is 5.52 Å². The minimum atomic E-state index is 0.673. The molecule has 30 heavy (non-hydrogen) atoms. The van der Waals surface area contributed by atoms with Crippen LogP contribution in [0.1, 0.15) is 36.0 Å². The fourth-order valence-corrected chi connectivity index (χ4v) is 4.10. The molecule has 150 valence electrons. The summed E-state index contributed by atoms with van der Waals surface area (Å²) in [5.41, 5.74) is 7.00. The van der Waals surface area contributed by atoms with Crippen molar-refractivity contribution in [2.45, 2.75) is 19.3 Å². The van der Waals surface area contributed by atoms with E-state index in [4.69, 9.17) is 28.2 Å². The first-order valence-corrected chi connectivity index (χ1v) is 11.1. The molecule has 0 amide bonds. The molecule has 0 radical (unpaired) electrons. The standard InChI is InChI=1S/C27H23Cl2N/c28-17-7-6-11-25(20-13-15-24(29)16-14-20)27(21-8-2-1-3-9-21)23-18-22-10-4-5-12-26(22)30-19-23/h1-5,8-10,12-16,18-19H,6-7,11,17H2. The maximum absolute atomic E-state index is 6.18. The van der Waals surface area contributed by atoms with Gasteiger partial charge in [0.15, 0.2) is 0 Å². The Morgan fingerprint density at radius 3 is 2.23 bits per heavy atom. The Hall–Kier alpha value is -2.61. The molecule has 0 N–H and O–H groups in total. The second-order valence-corrected chi connectivity index (χ2v) is 8.10. The first-order valence-electron chi connectivity index (χ1n) is 10.2. The average molecular weight is 432 g/mol. The summed E-state index contributed by atoms with van der Waals surface area (Å²) >= 11 is 12.2. The number of fused-ring (bicyclic) bond motifs is 1. The Labute approximate surface area is 188 Å². The van der Waals surface area contributed by atoms with Crippen LogP contribution in [-0.2, 0) is 0 Å². The number of unbranched alkanes of at least 4 members (excludes halogenated alkanes) is 1. The summed E-state index contributed by atoms with van der Waals surface area (Å²) in [4.78, 5) is 4.74. The molecule has 3 heteroatoms. The van der Waals surface area contributed by atoms with Crippen molar-refractivity contribution in [1.29, 1.82) is 0 Å². The summed E-state index contributed by atoms with van der Waals surface area (Å²) in [5.74, 6) is 0.673. The Bertz CT molecular complexity index is 1150. The zero-order chi connectivity index (χ0) is 20.8. The molecule has 0 fully saturated rings. The highest BCUT2D eigenvalue weighted by Gasteiger charge is 2.15. The van der Waals surface area contributed by atoms with Crippen molar-refractivity contribution < 1.29 is 0 Å². The monoisotopic (exact) mass is 431 g/mol. The van der Waals surface area contributed by atoms with Crippen LogP contribution in [0.5, 0.6) is 0 Å². The maximum Gasteiger partial charge on any atom is 0.0702 e. The normalized spacial score (nSPS) is 12.1. The number of alkyl halides is 1. The van der Waals surface area contributed by atoms with Gasteiger partial charge in [-0.25, -0.2) is 0 Å². The Balaban J connectivity index is 1.95. The van der Waals surface area contributed by atoms with E-state index in [2.05, 4.69) is 60.7 Å². The number of hydrogen-bond donors (Lipinski definition) is 0. The largest absolute Gasteiger partial charge is 0.256 e. The van der Waals surface area contributed by atoms with Crippen LogP contribution in [-0.4, -0.2) is 10.9 Å². The molecule has 3 aromatic carbocycles. The van der Waals surface area contributed by atoms with Gasteiger partial charge in [-0.2, -0.15) is 0 Å². The summed E-state index contributed by atoms with van der Waals surface area (Å²) in [6, 6.07) is 29.2. The van der Waals surface area contributed by atoms with Gasteiger partial charge in [0.2, 0.25) is 0 Å². The Kier molecular flexibility index (Phi) is 6.84. The number of rotatable bonds is 7. The van der Waals surface area contributed by atoms with E-state index in [1.807, 2.05) is 30.5 Å². The van der Waals surface area contributed by atoms with Gasteiger partial charge in [0, 0.05) is 28.0 Å². The van der Waals surface area contributed by atoms with E-state index in [1.165, 1.54) is 22.3 Å². The van der Waals surface area contributed by atoms with Gasteiger partial charge in [-0.1, -0.05) is 72.3 Å². The van der Waals surface area contributed by atoms with E-state index in [9.17, 15) is 0 Å². The zero-order valence-corrected chi connectivity index (χ0v) is 18.2. The third kappa shape index (κ3) is 4.75. The van der Waals surface area contributed by atoms with E-state index in [0.717, 1.165) is 40.8 Å². The molecule has 4 rings (SSSR count). The highest BCUT2D eigenvalue weighted by Crippen LogP contribution is 2.36. The fraction of sp³-hybridized carbons (Fsp3) is 0.148. The molecule has 0 aliphatic rings. The molecule has 0 aliphatic carbocycles. The van der Waals surface area contributed by atoms with Gasteiger partial charge in [-0.15, -0.1) is 11.6 Å². The van der Waals surface area contributed by atoms with Crippen molar-refractivity contribution in [3.63, 3.8) is 0 Å². The number of halogens is 2. The van der Waals surface area contributed by atoms with Crippen LogP contribution in [0.2, 0.25) is 5.02 Å². The predicted octanol–water partition coefficient (Wildman–Crippen LogP) is 8.26. The number of allylic oxidation sites excluding steroid dienone is 1. The topological polar surface area (TPSA) is 12.9 Å². The van der Waals surface area contributed by atoms with Crippen molar-refractivity contribution in [3.05, 3.63) is 113 Å². The van der Waals surface area contributed by atoms with Crippen LogP contribution in [0.15, 0.2) is 91.1 Å². The van der Waals surface area contributed by atoms with Crippen molar-refractivity contribution in [3.8, 4) is 0 Å². The summed E-state index contributed by atoms with van der Waals surface area (Å²) in [5, 5.41) is 1.88. The van der Waals surface area contributed by atoms with Crippen molar-refractivity contribution in [2.75, 3.05) is 5.88 Å². The molecule has 0 aliphatic heterocycles. The van der Waals surface area contributed by atoms with Crippen molar-refractivity contribution in [2.24, 2.45) is 0 Å². The van der Waals surface area contributed by atoms with E-state index in [-0.39, 0.29) is 0 Å². The first-order chi connectivity index (χ1) is 14.8. The van der Waals surface area contributed by atoms with Crippen LogP contribution in [0.25, 0.3) is 22.0 Å². The number of para-hydroxylation sites is 1. The molecule has 4 aromatic rings. The van der Waals surface area contributed by atoms with Gasteiger partial charge in [-0.3, -0.25) is 4.98 Å². The lowest BCUT2D eigenvalue weighted by molar-refractivity contribution is 0.830. The lowest BCUT2D eigenvalue weighted by Gasteiger charge is -2.18. The number of nitrogens with zero attached hydrogens (tertiary/aromatic N) is 1. The highest BCUT2D eigenvalue weighted by atomic mass is 35.5. The highest BCUT2D eigenvalue weighted by molar-refractivity contribution is 6.30. The van der Waals surface area contributed by atoms with Gasteiger partial charge in [0.25, 0.3) is 0 Å². The van der Waals surface area contributed by atoms with Crippen LogP contribution < -0.4 is 0 Å². The van der Waals surface area contributed by atoms with Gasteiger partial charge < -0.3 is 0 Å². The van der Waals surface area contributed by atoms with Gasteiger partial charge in [-0.05, 0) is 65.8 Å². The summed E-state index contributed by atoms with van der Waals surface area (Å²) < 4.78 is 0. The second-order valence-electron chi connectivity index (χ2n) is 7.29. The minimum Gasteiger partial charge on any atom is -0.256 e. The summed E-state index contributed by atoms with van der Waals surface area (Å²) in [7, 11) is 0. The molecule has 0 spiro atoms. The van der Waals surface area contributed by atoms with Crippen LogP contribution in [0.4, 0.5) is 0 Å². The van der Waals surface area contributed by atoms with Crippen molar-refractivity contribution in [1.82, 2.24) is 4.98 Å². The van der Waals surface area contributed by atoms with Gasteiger partial charge >= 0.3 is 0 Å². The second kappa shape index (κ2) is 9.93. The first kappa shape index (κ1) is 20.7. The third-order valence-corrected chi connectivity index (χ3v) is 5.77. The number of hydrogen-bond acceptors (Lipinski definition) is 1. The molecule has 0 saturated carbocycles. The molecular formula is C27H23Cl2N. The van der Waals surface area contributed by atoms with E-state index < -0.39 is 0 Å². The molecular weight excluding hydrogens is 409 g/mol. The van der Waals surface area contributed by atoms with E-state index in [1.54, 1.807) is 0 Å². The fourth-order valence-electron chi connectivity index (χ4n) is 3.79. The molecule has 0 atom stereocenters. The maximum atomic E-state index is 6.18. The number of pyridine rings is 1. The van der Waals surface area contributed by atoms with Gasteiger partial charge in [0.1, 0.15) is 0 Å². The van der Waals surface area contributed by atoms with Crippen LogP contribution in [0.3, 0.4) is 0 Å². The summed E-state index contributed by atoms with van der Waals surface area (Å²) in [6.07, 6.45) is 4.93. The molecule has 0 bridgehead atoms. The lowest BCUT2D eigenvalue weighted by atomic mass is 9.87. The Morgan fingerprint density at radius 2 is 1.47 bits per heavy atom. The predicted molar refractivity (Wildman–Crippen MR) is 130 cm³/mol. The molecule has 1 nitrogen and oxygen atoms in total. The quantitative estimate of drug-likeness (QED) is 0.163. The molecule has 1 aromatic heterocycles. The van der Waals surface area contributed by atoms with Crippen molar-refractivity contribution >= 4 is 45.3 Å². The van der Waals surface area contributed by atoms with Crippen LogP contribution in [0, 0.1) is 0 Å². The lowest BCUT2D eigenvalue weighted by Crippen LogP contribution is -1.97. The summed E-state index contributed by atoms with van der Waals surface area (Å²) in [6.45, 7) is 0. The molecule has 0 saturated heterocycles. The minimum absolute atomic E-state index is 0.673.